The van der Waals surface area contributed by atoms with Gasteiger partial charge in [-0.2, -0.15) is 0 Å². The van der Waals surface area contributed by atoms with Crippen LogP contribution in [0.5, 0.6) is 0 Å². The van der Waals surface area contributed by atoms with E-state index in [1.54, 1.807) is 0 Å². The molecule has 1 aliphatic rings. The molecule has 1 aromatic heterocycles. The van der Waals surface area contributed by atoms with Crippen LogP contribution in [-0.2, 0) is 9.59 Å². The van der Waals surface area contributed by atoms with Crippen LogP contribution in [0.1, 0.15) is 32.6 Å². The lowest BCUT2D eigenvalue weighted by Crippen LogP contribution is -2.43. The summed E-state index contributed by atoms with van der Waals surface area (Å²) in [4.78, 5) is 34.5. The molecule has 144 valence electrons. The van der Waals surface area contributed by atoms with Gasteiger partial charge in [0.15, 0.2) is 0 Å². The summed E-state index contributed by atoms with van der Waals surface area (Å²) in [7, 11) is 0. The molecule has 2 aromatic carbocycles. The molecule has 4 rings (SSSR count). The summed E-state index contributed by atoms with van der Waals surface area (Å²) in [6.45, 7) is 2.68. The highest BCUT2D eigenvalue weighted by Crippen LogP contribution is 2.28. The second kappa shape index (κ2) is 7.84. The normalized spacial score (nSPS) is 15.6. The number of para-hydroxylation sites is 3. The summed E-state index contributed by atoms with van der Waals surface area (Å²) >= 11 is 0. The molecule has 0 bridgehead atoms. The Morgan fingerprint density at radius 3 is 2.79 bits per heavy atom. The Hall–Kier alpha value is -3.15. The van der Waals surface area contributed by atoms with Crippen molar-refractivity contribution in [1.29, 1.82) is 0 Å². The molecule has 0 aliphatic carbocycles. The van der Waals surface area contributed by atoms with Gasteiger partial charge in [-0.05, 0) is 44.0 Å². The van der Waals surface area contributed by atoms with Crippen LogP contribution in [0.25, 0.3) is 22.4 Å². The van der Waals surface area contributed by atoms with Gasteiger partial charge < -0.3 is 15.2 Å². The fourth-order valence-electron chi connectivity index (χ4n) is 3.75. The molecule has 0 spiro atoms. The molecule has 2 heterocycles. The molecule has 3 aromatic rings. The van der Waals surface area contributed by atoms with E-state index in [9.17, 15) is 9.59 Å². The highest BCUT2D eigenvalue weighted by Gasteiger charge is 2.25. The lowest BCUT2D eigenvalue weighted by Gasteiger charge is -2.32. The highest BCUT2D eigenvalue weighted by atomic mass is 16.2. The maximum Gasteiger partial charge on any atom is 0.226 e. The van der Waals surface area contributed by atoms with Gasteiger partial charge in [-0.1, -0.05) is 24.3 Å². The first-order valence-corrected chi connectivity index (χ1v) is 9.75. The number of nitrogens with one attached hydrogen (secondary N) is 2. The number of hydrogen-bond acceptors (Lipinski definition) is 3. The molecule has 0 radical (unpaired) electrons. The van der Waals surface area contributed by atoms with E-state index in [1.165, 1.54) is 0 Å². The minimum atomic E-state index is -0.105. The standard InChI is InChI=1S/C22H24N4O2/c1-15(26-13-7-6-12-21(26)28)14-20(27)23-17-9-3-2-8-16(17)22-24-18-10-4-5-11-19(18)25-22/h2-5,8-11,15H,6-7,12-14H2,1H3,(H,23,27)(H,24,25). The van der Waals surface area contributed by atoms with E-state index in [1.807, 2.05) is 60.4 Å². The van der Waals surface area contributed by atoms with Crippen molar-refractivity contribution >= 4 is 28.5 Å². The van der Waals surface area contributed by atoms with Crippen molar-refractivity contribution in [2.24, 2.45) is 0 Å². The number of nitrogens with zero attached hydrogens (tertiary/aromatic N) is 2. The molecule has 6 heteroatoms. The summed E-state index contributed by atoms with van der Waals surface area (Å²) in [6, 6.07) is 15.4. The number of rotatable bonds is 5. The molecule has 28 heavy (non-hydrogen) atoms. The Labute approximate surface area is 164 Å². The van der Waals surface area contributed by atoms with Crippen LogP contribution in [0.2, 0.25) is 0 Å². The van der Waals surface area contributed by atoms with Crippen molar-refractivity contribution in [3.8, 4) is 11.4 Å². The van der Waals surface area contributed by atoms with E-state index in [-0.39, 0.29) is 24.3 Å². The van der Waals surface area contributed by atoms with Gasteiger partial charge in [0.05, 0.1) is 16.7 Å². The molecular formula is C22H24N4O2. The lowest BCUT2D eigenvalue weighted by atomic mass is 10.1. The number of benzene rings is 2. The van der Waals surface area contributed by atoms with Crippen LogP contribution in [0.4, 0.5) is 5.69 Å². The minimum Gasteiger partial charge on any atom is -0.339 e. The zero-order chi connectivity index (χ0) is 19.5. The number of imidazole rings is 1. The number of piperidine rings is 1. The number of aromatic amines is 1. The van der Waals surface area contributed by atoms with Crippen molar-refractivity contribution in [3.05, 3.63) is 48.5 Å². The Balaban J connectivity index is 1.50. The van der Waals surface area contributed by atoms with Crippen molar-refractivity contribution in [1.82, 2.24) is 14.9 Å². The Morgan fingerprint density at radius 1 is 1.18 bits per heavy atom. The number of amides is 2. The van der Waals surface area contributed by atoms with Crippen LogP contribution in [0, 0.1) is 0 Å². The summed E-state index contributed by atoms with van der Waals surface area (Å²) in [5.74, 6) is 0.764. The molecular weight excluding hydrogens is 352 g/mol. The maximum atomic E-state index is 12.6. The zero-order valence-electron chi connectivity index (χ0n) is 15.9. The van der Waals surface area contributed by atoms with Crippen LogP contribution in [0.15, 0.2) is 48.5 Å². The molecule has 1 aliphatic heterocycles. The average molecular weight is 376 g/mol. The zero-order valence-corrected chi connectivity index (χ0v) is 15.9. The van der Waals surface area contributed by atoms with Gasteiger partial charge in [-0.3, -0.25) is 9.59 Å². The first kappa shape index (κ1) is 18.2. The van der Waals surface area contributed by atoms with Gasteiger partial charge in [-0.15, -0.1) is 0 Å². The predicted octanol–water partition coefficient (Wildman–Crippen LogP) is 3.96. The summed E-state index contributed by atoms with van der Waals surface area (Å²) < 4.78 is 0. The minimum absolute atomic E-state index is 0.102. The van der Waals surface area contributed by atoms with Crippen LogP contribution in [-0.4, -0.2) is 39.3 Å². The number of H-pyrrole nitrogens is 1. The Morgan fingerprint density at radius 2 is 1.96 bits per heavy atom. The van der Waals surface area contributed by atoms with Gasteiger partial charge in [0, 0.05) is 31.0 Å². The number of carbonyl (C=O) groups excluding carboxylic acids is 2. The maximum absolute atomic E-state index is 12.6. The first-order chi connectivity index (χ1) is 13.6. The topological polar surface area (TPSA) is 78.1 Å². The van der Waals surface area contributed by atoms with Crippen molar-refractivity contribution in [3.63, 3.8) is 0 Å². The molecule has 0 saturated carbocycles. The number of hydrogen-bond donors (Lipinski definition) is 2. The summed E-state index contributed by atoms with van der Waals surface area (Å²) in [5.41, 5.74) is 3.39. The van der Waals surface area contributed by atoms with Crippen molar-refractivity contribution in [2.45, 2.75) is 38.6 Å². The third-order valence-electron chi connectivity index (χ3n) is 5.22. The van der Waals surface area contributed by atoms with Crippen LogP contribution >= 0.6 is 0 Å². The summed E-state index contributed by atoms with van der Waals surface area (Å²) in [6.07, 6.45) is 2.81. The first-order valence-electron chi connectivity index (χ1n) is 9.75. The van der Waals surface area contributed by atoms with Crippen LogP contribution in [0.3, 0.4) is 0 Å². The fraction of sp³-hybridized carbons (Fsp3) is 0.318. The smallest absolute Gasteiger partial charge is 0.226 e. The molecule has 1 unspecified atom stereocenters. The number of carbonyl (C=O) groups is 2. The second-order valence-electron chi connectivity index (χ2n) is 7.29. The average Bonchev–Trinajstić information content (AvgIpc) is 3.12. The molecule has 1 atom stereocenters. The van der Waals surface area contributed by atoms with E-state index in [4.69, 9.17) is 0 Å². The SMILES string of the molecule is CC(CC(=O)Nc1ccccc1-c1nc2ccccc2[nH]1)N1CCCCC1=O. The van der Waals surface area contributed by atoms with Crippen molar-refractivity contribution in [2.75, 3.05) is 11.9 Å². The van der Waals surface area contributed by atoms with E-state index >= 15 is 0 Å². The van der Waals surface area contributed by atoms with Gasteiger partial charge >= 0.3 is 0 Å². The molecule has 2 N–H and O–H groups in total. The third-order valence-corrected chi connectivity index (χ3v) is 5.22. The largest absolute Gasteiger partial charge is 0.339 e. The number of aromatic nitrogens is 2. The number of anilines is 1. The van der Waals surface area contributed by atoms with E-state index in [0.29, 0.717) is 12.1 Å². The van der Waals surface area contributed by atoms with Crippen molar-refractivity contribution < 1.29 is 9.59 Å². The van der Waals surface area contributed by atoms with Gasteiger partial charge in [0.25, 0.3) is 0 Å². The fourth-order valence-corrected chi connectivity index (χ4v) is 3.75. The monoisotopic (exact) mass is 376 g/mol. The highest BCUT2D eigenvalue weighted by molar-refractivity contribution is 5.96. The quantitative estimate of drug-likeness (QED) is 0.707. The van der Waals surface area contributed by atoms with Gasteiger partial charge in [0.2, 0.25) is 11.8 Å². The van der Waals surface area contributed by atoms with E-state index < -0.39 is 0 Å². The molecule has 1 fully saturated rings. The van der Waals surface area contributed by atoms with Crippen LogP contribution < -0.4 is 5.32 Å². The van der Waals surface area contributed by atoms with E-state index in [2.05, 4.69) is 15.3 Å². The Bertz CT molecular complexity index is 977. The predicted molar refractivity (Wildman–Crippen MR) is 110 cm³/mol. The molecule has 1 saturated heterocycles. The second-order valence-corrected chi connectivity index (χ2v) is 7.29. The summed E-state index contributed by atoms with van der Waals surface area (Å²) in [5, 5.41) is 3.00. The number of likely N-dealkylation sites (tertiary alicyclic amines) is 1. The number of fused-ring (bicyclic) bond motifs is 1. The molecule has 2 amide bonds. The third kappa shape index (κ3) is 3.76. The lowest BCUT2D eigenvalue weighted by molar-refractivity contribution is -0.136. The van der Waals surface area contributed by atoms with Gasteiger partial charge in [-0.25, -0.2) is 4.98 Å². The Kier molecular flexibility index (Phi) is 5.10. The molecule has 6 nitrogen and oxygen atoms in total. The van der Waals surface area contributed by atoms with Gasteiger partial charge in [0.1, 0.15) is 5.82 Å². The van der Waals surface area contributed by atoms with E-state index in [0.717, 1.165) is 41.8 Å².